The summed E-state index contributed by atoms with van der Waals surface area (Å²) in [7, 11) is 0. The molecular weight excluding hydrogens is 283 g/mol. The molecule has 2 rings (SSSR count). The second-order valence-electron chi connectivity index (χ2n) is 4.78. The van der Waals surface area contributed by atoms with Crippen LogP contribution < -0.4 is 5.43 Å². The van der Waals surface area contributed by atoms with Gasteiger partial charge in [0.05, 0.1) is 15.8 Å². The fourth-order valence-corrected chi connectivity index (χ4v) is 2.50. The van der Waals surface area contributed by atoms with Gasteiger partial charge >= 0.3 is 0 Å². The molecule has 1 aliphatic rings. The molecule has 0 unspecified atom stereocenters. The molecule has 0 spiro atoms. The van der Waals surface area contributed by atoms with Crippen LogP contribution in [0.5, 0.6) is 0 Å². The lowest BCUT2D eigenvalue weighted by atomic mass is 10.1. The third kappa shape index (κ3) is 3.71. The van der Waals surface area contributed by atoms with Crippen LogP contribution in [-0.2, 0) is 4.79 Å². The average molecular weight is 299 g/mol. The van der Waals surface area contributed by atoms with Crippen molar-refractivity contribution >= 4 is 34.8 Å². The van der Waals surface area contributed by atoms with E-state index in [0.717, 1.165) is 31.2 Å². The largest absolute Gasteiger partial charge is 0.273 e. The highest BCUT2D eigenvalue weighted by molar-refractivity contribution is 6.42. The Morgan fingerprint density at radius 2 is 1.95 bits per heavy atom. The molecule has 102 valence electrons. The van der Waals surface area contributed by atoms with Crippen molar-refractivity contribution < 1.29 is 4.79 Å². The topological polar surface area (TPSA) is 41.5 Å². The van der Waals surface area contributed by atoms with E-state index in [0.29, 0.717) is 15.8 Å². The Morgan fingerprint density at radius 3 is 2.58 bits per heavy atom. The van der Waals surface area contributed by atoms with Crippen LogP contribution in [0.2, 0.25) is 10.0 Å². The lowest BCUT2D eigenvalue weighted by molar-refractivity contribution is -0.124. The zero-order valence-electron chi connectivity index (χ0n) is 10.7. The molecular formula is C14H16Cl2N2O. The third-order valence-electron chi connectivity index (χ3n) is 3.40. The molecule has 1 N–H and O–H groups in total. The van der Waals surface area contributed by atoms with Gasteiger partial charge < -0.3 is 0 Å². The van der Waals surface area contributed by atoms with Crippen LogP contribution in [0.1, 0.15) is 38.2 Å². The number of halogens is 2. The van der Waals surface area contributed by atoms with Crippen molar-refractivity contribution in [2.75, 3.05) is 0 Å². The van der Waals surface area contributed by atoms with Crippen LogP contribution in [0.3, 0.4) is 0 Å². The summed E-state index contributed by atoms with van der Waals surface area (Å²) in [5.41, 5.74) is 4.19. The minimum atomic E-state index is 0.0110. The fourth-order valence-electron chi connectivity index (χ4n) is 2.20. The Labute approximate surface area is 123 Å². The molecule has 0 aromatic heterocycles. The first-order chi connectivity index (χ1) is 9.08. The summed E-state index contributed by atoms with van der Waals surface area (Å²) in [6.45, 7) is 1.83. The summed E-state index contributed by atoms with van der Waals surface area (Å²) in [4.78, 5) is 11.8. The van der Waals surface area contributed by atoms with E-state index in [2.05, 4.69) is 10.5 Å². The molecule has 0 bridgehead atoms. The summed E-state index contributed by atoms with van der Waals surface area (Å²) >= 11 is 11.8. The van der Waals surface area contributed by atoms with E-state index in [9.17, 15) is 4.79 Å². The summed E-state index contributed by atoms with van der Waals surface area (Å²) in [6, 6.07) is 5.29. The second kappa shape index (κ2) is 6.40. The van der Waals surface area contributed by atoms with E-state index in [1.165, 1.54) is 0 Å². The van der Waals surface area contributed by atoms with Gasteiger partial charge in [0.1, 0.15) is 0 Å². The van der Waals surface area contributed by atoms with Crippen LogP contribution in [0.4, 0.5) is 0 Å². The number of nitrogens with zero attached hydrogens (tertiary/aromatic N) is 1. The Kier molecular flexibility index (Phi) is 4.83. The monoisotopic (exact) mass is 298 g/mol. The Morgan fingerprint density at radius 1 is 1.26 bits per heavy atom. The molecule has 0 heterocycles. The molecule has 1 aromatic rings. The maximum atomic E-state index is 11.8. The maximum absolute atomic E-state index is 11.8. The molecule has 1 aliphatic carbocycles. The smallest absolute Gasteiger partial charge is 0.243 e. The summed E-state index contributed by atoms with van der Waals surface area (Å²) in [5, 5.41) is 5.11. The van der Waals surface area contributed by atoms with Crippen molar-refractivity contribution in [3.63, 3.8) is 0 Å². The predicted octanol–water partition coefficient (Wildman–Crippen LogP) is 4.02. The van der Waals surface area contributed by atoms with Crippen LogP contribution in [-0.4, -0.2) is 11.6 Å². The van der Waals surface area contributed by atoms with E-state index in [-0.39, 0.29) is 11.8 Å². The first-order valence-electron chi connectivity index (χ1n) is 6.37. The van der Waals surface area contributed by atoms with Gasteiger partial charge in [0.25, 0.3) is 0 Å². The van der Waals surface area contributed by atoms with Gasteiger partial charge in [-0.2, -0.15) is 5.10 Å². The highest BCUT2D eigenvalue weighted by atomic mass is 35.5. The zero-order valence-corrected chi connectivity index (χ0v) is 12.3. The Hall–Kier alpha value is -1.06. The van der Waals surface area contributed by atoms with Crippen molar-refractivity contribution in [2.24, 2.45) is 11.0 Å². The molecule has 0 saturated heterocycles. The maximum Gasteiger partial charge on any atom is 0.243 e. The minimum absolute atomic E-state index is 0.0110. The molecule has 1 fully saturated rings. The number of hydrazone groups is 1. The van der Waals surface area contributed by atoms with Gasteiger partial charge in [-0.05, 0) is 37.5 Å². The van der Waals surface area contributed by atoms with Crippen LogP contribution >= 0.6 is 23.2 Å². The quantitative estimate of drug-likeness (QED) is 0.664. The van der Waals surface area contributed by atoms with Gasteiger partial charge in [-0.1, -0.05) is 42.1 Å². The number of hydrogen-bond acceptors (Lipinski definition) is 2. The van der Waals surface area contributed by atoms with Gasteiger partial charge in [-0.25, -0.2) is 5.43 Å². The first-order valence-corrected chi connectivity index (χ1v) is 7.13. The number of hydrogen-bond donors (Lipinski definition) is 1. The van der Waals surface area contributed by atoms with Crippen molar-refractivity contribution in [3.8, 4) is 0 Å². The second-order valence-corrected chi connectivity index (χ2v) is 5.60. The lowest BCUT2D eigenvalue weighted by Gasteiger charge is -2.08. The van der Waals surface area contributed by atoms with E-state index >= 15 is 0 Å². The Bertz CT molecular complexity index is 508. The molecule has 0 atom stereocenters. The standard InChI is InChI=1S/C14H16Cl2N2O/c1-9(11-6-7-12(15)13(16)8-11)17-18-14(19)10-4-2-3-5-10/h6-8,10H,2-5H2,1H3,(H,18,19). The number of rotatable bonds is 3. The zero-order chi connectivity index (χ0) is 13.8. The highest BCUT2D eigenvalue weighted by Gasteiger charge is 2.22. The summed E-state index contributed by atoms with van der Waals surface area (Å²) in [5.74, 6) is 0.127. The van der Waals surface area contributed by atoms with E-state index in [4.69, 9.17) is 23.2 Å². The van der Waals surface area contributed by atoms with Crippen molar-refractivity contribution in [1.82, 2.24) is 5.43 Å². The molecule has 3 nitrogen and oxygen atoms in total. The summed E-state index contributed by atoms with van der Waals surface area (Å²) in [6.07, 6.45) is 4.20. The molecule has 0 radical (unpaired) electrons. The number of nitrogens with one attached hydrogen (secondary N) is 1. The minimum Gasteiger partial charge on any atom is -0.273 e. The Balaban J connectivity index is 2.01. The predicted molar refractivity (Wildman–Crippen MR) is 78.8 cm³/mol. The first kappa shape index (κ1) is 14.4. The van der Waals surface area contributed by atoms with Crippen LogP contribution in [0.25, 0.3) is 0 Å². The number of amides is 1. The van der Waals surface area contributed by atoms with Gasteiger partial charge in [0.15, 0.2) is 0 Å². The molecule has 1 aromatic carbocycles. The third-order valence-corrected chi connectivity index (χ3v) is 4.14. The van der Waals surface area contributed by atoms with E-state index < -0.39 is 0 Å². The normalized spacial score (nSPS) is 16.7. The fraction of sp³-hybridized carbons (Fsp3) is 0.429. The van der Waals surface area contributed by atoms with E-state index in [1.54, 1.807) is 12.1 Å². The van der Waals surface area contributed by atoms with Crippen molar-refractivity contribution in [2.45, 2.75) is 32.6 Å². The highest BCUT2D eigenvalue weighted by Crippen LogP contribution is 2.25. The van der Waals surface area contributed by atoms with Gasteiger partial charge in [0, 0.05) is 5.92 Å². The van der Waals surface area contributed by atoms with Gasteiger partial charge in [-0.15, -0.1) is 0 Å². The number of carbonyl (C=O) groups is 1. The SMILES string of the molecule is CC(=NNC(=O)C1CCCC1)c1ccc(Cl)c(Cl)c1. The number of carbonyl (C=O) groups excluding carboxylic acids is 1. The lowest BCUT2D eigenvalue weighted by Crippen LogP contribution is -2.25. The average Bonchev–Trinajstić information content (AvgIpc) is 2.92. The molecule has 19 heavy (non-hydrogen) atoms. The van der Waals surface area contributed by atoms with Crippen LogP contribution in [0, 0.1) is 5.92 Å². The van der Waals surface area contributed by atoms with E-state index in [1.807, 2.05) is 13.0 Å². The number of benzene rings is 1. The van der Waals surface area contributed by atoms with Crippen LogP contribution in [0.15, 0.2) is 23.3 Å². The molecule has 0 aliphatic heterocycles. The molecule has 1 amide bonds. The van der Waals surface area contributed by atoms with Crippen molar-refractivity contribution in [3.05, 3.63) is 33.8 Å². The van der Waals surface area contributed by atoms with Crippen molar-refractivity contribution in [1.29, 1.82) is 0 Å². The van der Waals surface area contributed by atoms with Gasteiger partial charge in [-0.3, -0.25) is 4.79 Å². The van der Waals surface area contributed by atoms with Gasteiger partial charge in [0.2, 0.25) is 5.91 Å². The molecule has 1 saturated carbocycles. The summed E-state index contributed by atoms with van der Waals surface area (Å²) < 4.78 is 0. The molecule has 5 heteroatoms.